The van der Waals surface area contributed by atoms with Crippen LogP contribution < -0.4 is 5.32 Å². The molecule has 2 N–H and O–H groups in total. The molecule has 0 bridgehead atoms. The van der Waals surface area contributed by atoms with E-state index in [0.717, 1.165) is 26.1 Å². The summed E-state index contributed by atoms with van der Waals surface area (Å²) in [5.41, 5.74) is 0. The number of ether oxygens (including phenoxy) is 1. The summed E-state index contributed by atoms with van der Waals surface area (Å²) in [6.07, 6.45) is 5.35. The number of aliphatic hydroxyl groups is 1. The lowest BCUT2D eigenvalue weighted by molar-refractivity contribution is -0.121. The molecule has 1 aliphatic carbocycles. The van der Waals surface area contributed by atoms with Gasteiger partial charge in [0.05, 0.1) is 6.10 Å². The number of rotatable bonds is 6. The third kappa shape index (κ3) is 4.64. The Labute approximate surface area is 103 Å². The van der Waals surface area contributed by atoms with E-state index in [9.17, 15) is 9.90 Å². The minimum Gasteiger partial charge on any atom is -0.393 e. The van der Waals surface area contributed by atoms with Crippen molar-refractivity contribution in [2.24, 2.45) is 11.8 Å². The monoisotopic (exact) mass is 241 g/mol. The van der Waals surface area contributed by atoms with Crippen molar-refractivity contribution >= 4 is 5.91 Å². The highest BCUT2D eigenvalue weighted by Crippen LogP contribution is 2.32. The van der Waals surface area contributed by atoms with Crippen molar-refractivity contribution in [1.82, 2.24) is 5.32 Å². The molecule has 0 aromatic rings. The van der Waals surface area contributed by atoms with Gasteiger partial charge in [-0.1, -0.05) is 0 Å². The number of hydrogen-bond donors (Lipinski definition) is 2. The van der Waals surface area contributed by atoms with Crippen LogP contribution in [0.5, 0.6) is 0 Å². The Morgan fingerprint density at radius 3 is 2.65 bits per heavy atom. The van der Waals surface area contributed by atoms with Gasteiger partial charge >= 0.3 is 0 Å². The van der Waals surface area contributed by atoms with E-state index in [-0.39, 0.29) is 12.0 Å². The lowest BCUT2D eigenvalue weighted by Crippen LogP contribution is -2.32. The Morgan fingerprint density at radius 2 is 2.00 bits per heavy atom. The Balaban J connectivity index is 1.55. The van der Waals surface area contributed by atoms with Crippen LogP contribution >= 0.6 is 0 Å². The van der Waals surface area contributed by atoms with Crippen molar-refractivity contribution < 1.29 is 14.6 Å². The van der Waals surface area contributed by atoms with Crippen molar-refractivity contribution in [3.8, 4) is 0 Å². The molecule has 0 unspecified atom stereocenters. The molecule has 1 aliphatic heterocycles. The fourth-order valence-electron chi connectivity index (χ4n) is 2.35. The summed E-state index contributed by atoms with van der Waals surface area (Å²) in [5, 5.41) is 12.9. The maximum Gasteiger partial charge on any atom is 0.220 e. The number of carbonyl (C=O) groups is 1. The Bertz CT molecular complexity index is 247. The number of hydrogen-bond acceptors (Lipinski definition) is 3. The molecular weight excluding hydrogens is 218 g/mol. The minimum absolute atomic E-state index is 0.145. The van der Waals surface area contributed by atoms with E-state index in [1.807, 2.05) is 0 Å². The Kier molecular flexibility index (Phi) is 4.80. The van der Waals surface area contributed by atoms with Gasteiger partial charge in [-0.3, -0.25) is 4.79 Å². The highest BCUT2D eigenvalue weighted by molar-refractivity contribution is 5.76. The van der Waals surface area contributed by atoms with Crippen molar-refractivity contribution in [3.63, 3.8) is 0 Å². The van der Waals surface area contributed by atoms with E-state index in [4.69, 9.17) is 4.74 Å². The highest BCUT2D eigenvalue weighted by Gasteiger charge is 2.25. The van der Waals surface area contributed by atoms with Crippen LogP contribution in [0.2, 0.25) is 0 Å². The van der Waals surface area contributed by atoms with E-state index >= 15 is 0 Å². The van der Waals surface area contributed by atoms with Crippen LogP contribution in [0.15, 0.2) is 0 Å². The molecule has 98 valence electrons. The molecule has 1 saturated heterocycles. The van der Waals surface area contributed by atoms with Crippen LogP contribution in [-0.2, 0) is 9.53 Å². The molecule has 2 rings (SSSR count). The SMILES string of the molecule is O=C(CC1CC1)NCC[C@@H](O)C1CCOCC1. The molecule has 1 saturated carbocycles. The molecular formula is C13H23NO3. The van der Waals surface area contributed by atoms with Crippen molar-refractivity contribution in [2.45, 2.75) is 44.6 Å². The Morgan fingerprint density at radius 1 is 1.29 bits per heavy atom. The first-order valence-corrected chi connectivity index (χ1v) is 6.78. The number of nitrogens with one attached hydrogen (secondary N) is 1. The molecule has 0 aromatic heterocycles. The standard InChI is InChI=1S/C13H23NO3/c15-12(11-4-7-17-8-5-11)3-6-14-13(16)9-10-1-2-10/h10-12,15H,1-9H2,(H,14,16)/t12-/m1/s1. The number of amides is 1. The van der Waals surface area contributed by atoms with Crippen LogP contribution in [0.3, 0.4) is 0 Å². The van der Waals surface area contributed by atoms with E-state index in [2.05, 4.69) is 5.32 Å². The maximum absolute atomic E-state index is 11.4. The largest absolute Gasteiger partial charge is 0.393 e. The van der Waals surface area contributed by atoms with Crippen LogP contribution in [-0.4, -0.2) is 36.9 Å². The molecule has 0 aromatic carbocycles. The van der Waals surface area contributed by atoms with Crippen LogP contribution in [0.1, 0.15) is 38.5 Å². The molecule has 1 atom stereocenters. The molecule has 2 fully saturated rings. The average molecular weight is 241 g/mol. The second kappa shape index (κ2) is 6.36. The summed E-state index contributed by atoms with van der Waals surface area (Å²) in [7, 11) is 0. The van der Waals surface area contributed by atoms with Crippen molar-refractivity contribution in [1.29, 1.82) is 0 Å². The zero-order chi connectivity index (χ0) is 12.1. The topological polar surface area (TPSA) is 58.6 Å². The molecule has 0 spiro atoms. The Hall–Kier alpha value is -0.610. The van der Waals surface area contributed by atoms with Gasteiger partial charge in [-0.2, -0.15) is 0 Å². The first-order valence-electron chi connectivity index (χ1n) is 6.78. The second-order valence-corrected chi connectivity index (χ2v) is 5.30. The summed E-state index contributed by atoms with van der Waals surface area (Å²) >= 11 is 0. The first kappa shape index (κ1) is 12.8. The summed E-state index contributed by atoms with van der Waals surface area (Å²) in [6, 6.07) is 0. The lowest BCUT2D eigenvalue weighted by atomic mass is 9.92. The molecule has 4 nitrogen and oxygen atoms in total. The predicted octanol–water partition coefficient (Wildman–Crippen LogP) is 1.08. The molecule has 0 radical (unpaired) electrons. The number of aliphatic hydroxyl groups excluding tert-OH is 1. The summed E-state index contributed by atoms with van der Waals surface area (Å²) in [6.45, 7) is 2.12. The average Bonchev–Trinajstić information content (AvgIpc) is 3.14. The third-order valence-electron chi connectivity index (χ3n) is 3.74. The van der Waals surface area contributed by atoms with Gasteiger partial charge in [0.25, 0.3) is 0 Å². The maximum atomic E-state index is 11.4. The van der Waals surface area contributed by atoms with Crippen molar-refractivity contribution in [3.05, 3.63) is 0 Å². The minimum atomic E-state index is -0.292. The molecule has 4 heteroatoms. The lowest BCUT2D eigenvalue weighted by Gasteiger charge is -2.26. The van der Waals surface area contributed by atoms with Gasteiger partial charge in [0.1, 0.15) is 0 Å². The van der Waals surface area contributed by atoms with E-state index in [1.54, 1.807) is 0 Å². The van der Waals surface area contributed by atoms with Gasteiger partial charge < -0.3 is 15.2 Å². The van der Waals surface area contributed by atoms with Crippen LogP contribution in [0, 0.1) is 11.8 Å². The molecule has 17 heavy (non-hydrogen) atoms. The fraction of sp³-hybridized carbons (Fsp3) is 0.923. The van der Waals surface area contributed by atoms with E-state index in [1.165, 1.54) is 12.8 Å². The predicted molar refractivity (Wildman–Crippen MR) is 64.5 cm³/mol. The van der Waals surface area contributed by atoms with Crippen LogP contribution in [0.4, 0.5) is 0 Å². The number of carbonyl (C=O) groups excluding carboxylic acids is 1. The first-order chi connectivity index (χ1) is 8.25. The zero-order valence-corrected chi connectivity index (χ0v) is 10.4. The fourth-order valence-corrected chi connectivity index (χ4v) is 2.35. The summed E-state index contributed by atoms with van der Waals surface area (Å²) in [5.74, 6) is 1.13. The summed E-state index contributed by atoms with van der Waals surface area (Å²) in [4.78, 5) is 11.4. The van der Waals surface area contributed by atoms with Gasteiger partial charge in [0.15, 0.2) is 0 Å². The molecule has 2 aliphatic rings. The third-order valence-corrected chi connectivity index (χ3v) is 3.74. The second-order valence-electron chi connectivity index (χ2n) is 5.30. The molecule has 1 heterocycles. The smallest absolute Gasteiger partial charge is 0.220 e. The normalized spacial score (nSPS) is 23.4. The van der Waals surface area contributed by atoms with Gasteiger partial charge in [0, 0.05) is 26.2 Å². The van der Waals surface area contributed by atoms with Gasteiger partial charge in [0.2, 0.25) is 5.91 Å². The van der Waals surface area contributed by atoms with Gasteiger partial charge in [-0.05, 0) is 43.9 Å². The molecule has 1 amide bonds. The van der Waals surface area contributed by atoms with Gasteiger partial charge in [-0.15, -0.1) is 0 Å². The van der Waals surface area contributed by atoms with Crippen LogP contribution in [0.25, 0.3) is 0 Å². The van der Waals surface area contributed by atoms with E-state index < -0.39 is 0 Å². The van der Waals surface area contributed by atoms with Gasteiger partial charge in [-0.25, -0.2) is 0 Å². The van der Waals surface area contributed by atoms with E-state index in [0.29, 0.717) is 31.2 Å². The summed E-state index contributed by atoms with van der Waals surface area (Å²) < 4.78 is 5.26. The zero-order valence-electron chi connectivity index (χ0n) is 10.4. The highest BCUT2D eigenvalue weighted by atomic mass is 16.5. The van der Waals surface area contributed by atoms with Crippen molar-refractivity contribution in [2.75, 3.05) is 19.8 Å². The quantitative estimate of drug-likeness (QED) is 0.731.